The van der Waals surface area contributed by atoms with Gasteiger partial charge in [0, 0.05) is 31.9 Å². The lowest BCUT2D eigenvalue weighted by molar-refractivity contribution is -0.148. The van der Waals surface area contributed by atoms with E-state index in [0.29, 0.717) is 26.2 Å². The molecule has 1 aromatic rings. The normalized spacial score (nSPS) is 16.6. The molecule has 0 spiro atoms. The van der Waals surface area contributed by atoms with Crippen LogP contribution in [0, 0.1) is 5.82 Å². The number of aliphatic hydroxyl groups is 1. The molecule has 4 nitrogen and oxygen atoms in total. The molecule has 0 unspecified atom stereocenters. The molecule has 0 aliphatic carbocycles. The molecular formula is C14H19FN2O2. The summed E-state index contributed by atoms with van der Waals surface area (Å²) in [5.41, 5.74) is -0.366. The number of anilines is 1. The van der Waals surface area contributed by atoms with Gasteiger partial charge in [0.05, 0.1) is 0 Å². The second kappa shape index (κ2) is 5.17. The molecule has 2 rings (SSSR count). The minimum Gasteiger partial charge on any atom is -0.381 e. The van der Waals surface area contributed by atoms with E-state index in [2.05, 4.69) is 4.90 Å². The van der Waals surface area contributed by atoms with Crippen molar-refractivity contribution in [1.29, 1.82) is 0 Å². The second-order valence-electron chi connectivity index (χ2n) is 5.31. The van der Waals surface area contributed by atoms with Gasteiger partial charge in [0.15, 0.2) is 0 Å². The van der Waals surface area contributed by atoms with E-state index in [1.807, 2.05) is 0 Å². The third-order valence-electron chi connectivity index (χ3n) is 3.28. The first-order chi connectivity index (χ1) is 8.88. The summed E-state index contributed by atoms with van der Waals surface area (Å²) in [5, 5.41) is 9.71. The van der Waals surface area contributed by atoms with Gasteiger partial charge in [-0.25, -0.2) is 4.39 Å². The Morgan fingerprint density at radius 1 is 1.16 bits per heavy atom. The van der Waals surface area contributed by atoms with Gasteiger partial charge in [-0.3, -0.25) is 4.79 Å². The van der Waals surface area contributed by atoms with Crippen LogP contribution in [0.25, 0.3) is 0 Å². The number of hydrogen-bond acceptors (Lipinski definition) is 3. The maximum absolute atomic E-state index is 12.9. The van der Waals surface area contributed by atoms with Crippen LogP contribution in [0.2, 0.25) is 0 Å². The molecule has 0 bridgehead atoms. The fourth-order valence-corrected chi connectivity index (χ4v) is 2.21. The summed E-state index contributed by atoms with van der Waals surface area (Å²) < 4.78 is 12.9. The molecule has 1 fully saturated rings. The van der Waals surface area contributed by atoms with Crippen molar-refractivity contribution in [3.05, 3.63) is 30.1 Å². The molecule has 1 saturated heterocycles. The van der Waals surface area contributed by atoms with Gasteiger partial charge in [0.1, 0.15) is 11.4 Å². The van der Waals surface area contributed by atoms with Crippen LogP contribution in [0.1, 0.15) is 13.8 Å². The highest BCUT2D eigenvalue weighted by atomic mass is 19.1. The van der Waals surface area contributed by atoms with Crippen molar-refractivity contribution in [2.45, 2.75) is 19.4 Å². The molecule has 1 aromatic carbocycles. The minimum absolute atomic E-state index is 0.244. The van der Waals surface area contributed by atoms with E-state index in [1.54, 1.807) is 17.0 Å². The van der Waals surface area contributed by atoms with E-state index >= 15 is 0 Å². The number of nitrogens with zero attached hydrogens (tertiary/aromatic N) is 2. The zero-order valence-electron chi connectivity index (χ0n) is 11.3. The first-order valence-corrected chi connectivity index (χ1v) is 6.40. The Labute approximate surface area is 112 Å². The molecule has 0 saturated carbocycles. The zero-order chi connectivity index (χ0) is 14.0. The van der Waals surface area contributed by atoms with Gasteiger partial charge < -0.3 is 14.9 Å². The Hall–Kier alpha value is -1.62. The number of carbonyl (C=O) groups excluding carboxylic acids is 1. The summed E-state index contributed by atoms with van der Waals surface area (Å²) >= 11 is 0. The van der Waals surface area contributed by atoms with Crippen molar-refractivity contribution in [1.82, 2.24) is 4.90 Å². The van der Waals surface area contributed by atoms with Gasteiger partial charge in [-0.05, 0) is 38.1 Å². The lowest BCUT2D eigenvalue weighted by Crippen LogP contribution is -2.54. The smallest absolute Gasteiger partial charge is 0.254 e. The first kappa shape index (κ1) is 13.8. The number of amides is 1. The molecular weight excluding hydrogens is 247 g/mol. The maximum Gasteiger partial charge on any atom is 0.254 e. The van der Waals surface area contributed by atoms with Crippen molar-refractivity contribution >= 4 is 11.6 Å². The summed E-state index contributed by atoms with van der Waals surface area (Å²) in [6.07, 6.45) is 0. The van der Waals surface area contributed by atoms with Crippen molar-refractivity contribution in [2.24, 2.45) is 0 Å². The Bertz CT molecular complexity index is 446. The van der Waals surface area contributed by atoms with Crippen LogP contribution in [0.15, 0.2) is 24.3 Å². The van der Waals surface area contributed by atoms with Crippen molar-refractivity contribution in [3.63, 3.8) is 0 Å². The lowest BCUT2D eigenvalue weighted by Gasteiger charge is -2.38. The van der Waals surface area contributed by atoms with Crippen LogP contribution in [0.5, 0.6) is 0 Å². The standard InChI is InChI=1S/C14H19FN2O2/c1-14(2,19)13(18)17-9-7-16(8-10-17)12-5-3-11(15)4-6-12/h3-6,19H,7-10H2,1-2H3. The number of piperazine rings is 1. The second-order valence-corrected chi connectivity index (χ2v) is 5.31. The van der Waals surface area contributed by atoms with E-state index in [9.17, 15) is 14.3 Å². The molecule has 0 atom stereocenters. The third-order valence-corrected chi connectivity index (χ3v) is 3.28. The molecule has 19 heavy (non-hydrogen) atoms. The van der Waals surface area contributed by atoms with E-state index in [0.717, 1.165) is 5.69 Å². The van der Waals surface area contributed by atoms with Gasteiger partial charge in [-0.1, -0.05) is 0 Å². The predicted octanol–water partition coefficient (Wildman–Crippen LogP) is 1.25. The van der Waals surface area contributed by atoms with Gasteiger partial charge in [0.2, 0.25) is 0 Å². The number of carbonyl (C=O) groups is 1. The van der Waals surface area contributed by atoms with E-state index in [1.165, 1.54) is 26.0 Å². The fraction of sp³-hybridized carbons (Fsp3) is 0.500. The largest absolute Gasteiger partial charge is 0.381 e. The molecule has 1 heterocycles. The van der Waals surface area contributed by atoms with Crippen LogP contribution in [-0.4, -0.2) is 47.7 Å². The molecule has 0 radical (unpaired) electrons. The summed E-state index contributed by atoms with van der Waals surface area (Å²) in [7, 11) is 0. The summed E-state index contributed by atoms with van der Waals surface area (Å²) in [6, 6.07) is 6.35. The topological polar surface area (TPSA) is 43.8 Å². The van der Waals surface area contributed by atoms with Gasteiger partial charge in [-0.15, -0.1) is 0 Å². The van der Waals surface area contributed by atoms with Crippen molar-refractivity contribution in [3.8, 4) is 0 Å². The average Bonchev–Trinajstić information content (AvgIpc) is 2.38. The van der Waals surface area contributed by atoms with E-state index in [-0.39, 0.29) is 11.7 Å². The average molecular weight is 266 g/mol. The number of halogens is 1. The number of benzene rings is 1. The Kier molecular flexibility index (Phi) is 3.75. The first-order valence-electron chi connectivity index (χ1n) is 6.40. The molecule has 5 heteroatoms. The van der Waals surface area contributed by atoms with E-state index in [4.69, 9.17) is 0 Å². The Balaban J connectivity index is 1.96. The highest BCUT2D eigenvalue weighted by Gasteiger charge is 2.31. The quantitative estimate of drug-likeness (QED) is 0.876. The zero-order valence-corrected chi connectivity index (χ0v) is 11.3. The van der Waals surface area contributed by atoms with Crippen LogP contribution in [0.4, 0.5) is 10.1 Å². The fourth-order valence-electron chi connectivity index (χ4n) is 2.21. The maximum atomic E-state index is 12.9. The lowest BCUT2D eigenvalue weighted by atomic mass is 10.1. The van der Waals surface area contributed by atoms with Gasteiger partial charge in [-0.2, -0.15) is 0 Å². The minimum atomic E-state index is -1.32. The molecule has 1 aliphatic rings. The predicted molar refractivity (Wildman–Crippen MR) is 71.5 cm³/mol. The molecule has 1 aliphatic heterocycles. The van der Waals surface area contributed by atoms with Crippen LogP contribution in [0.3, 0.4) is 0 Å². The molecule has 104 valence electrons. The SMILES string of the molecule is CC(C)(O)C(=O)N1CCN(c2ccc(F)cc2)CC1. The van der Waals surface area contributed by atoms with Crippen LogP contribution < -0.4 is 4.90 Å². The Morgan fingerprint density at radius 3 is 2.16 bits per heavy atom. The highest BCUT2D eigenvalue weighted by molar-refractivity contribution is 5.84. The summed E-state index contributed by atoms with van der Waals surface area (Å²) in [6.45, 7) is 5.52. The molecule has 1 amide bonds. The van der Waals surface area contributed by atoms with Gasteiger partial charge >= 0.3 is 0 Å². The number of hydrogen-bond donors (Lipinski definition) is 1. The monoisotopic (exact) mass is 266 g/mol. The Morgan fingerprint density at radius 2 is 1.68 bits per heavy atom. The van der Waals surface area contributed by atoms with E-state index < -0.39 is 5.60 Å². The summed E-state index contributed by atoms with van der Waals surface area (Å²) in [4.78, 5) is 15.7. The summed E-state index contributed by atoms with van der Waals surface area (Å²) in [5.74, 6) is -0.495. The van der Waals surface area contributed by atoms with Crippen LogP contribution >= 0.6 is 0 Å². The molecule has 0 aromatic heterocycles. The highest BCUT2D eigenvalue weighted by Crippen LogP contribution is 2.18. The molecule has 1 N–H and O–H groups in total. The van der Waals surface area contributed by atoms with Crippen molar-refractivity contribution in [2.75, 3.05) is 31.1 Å². The third kappa shape index (κ3) is 3.23. The number of rotatable bonds is 2. The van der Waals surface area contributed by atoms with Crippen molar-refractivity contribution < 1.29 is 14.3 Å². The van der Waals surface area contributed by atoms with Gasteiger partial charge in [0.25, 0.3) is 5.91 Å². The van der Waals surface area contributed by atoms with Crippen LogP contribution in [-0.2, 0) is 4.79 Å².